The SMILES string of the molecule is CCN(C=O)C(=O)/C(=C/c1ccc2c(c1)C(C)=CC(C)(NC)N2C)SC. The van der Waals surface area contributed by atoms with Crippen LogP contribution in [0.5, 0.6) is 0 Å². The van der Waals surface area contributed by atoms with Crippen molar-refractivity contribution in [1.29, 1.82) is 0 Å². The Balaban J connectivity index is 2.45. The molecule has 1 atom stereocenters. The largest absolute Gasteiger partial charge is 0.353 e. The van der Waals surface area contributed by atoms with Crippen LogP contribution in [-0.4, -0.2) is 49.8 Å². The Morgan fingerprint density at radius 3 is 2.65 bits per heavy atom. The van der Waals surface area contributed by atoms with E-state index in [1.54, 1.807) is 6.92 Å². The molecule has 0 radical (unpaired) electrons. The minimum absolute atomic E-state index is 0.236. The second-order valence-electron chi connectivity index (χ2n) is 6.47. The summed E-state index contributed by atoms with van der Waals surface area (Å²) in [5, 5.41) is 3.35. The number of likely N-dealkylation sites (N-methyl/N-ethyl adjacent to an activating group) is 3. The molecule has 1 aliphatic heterocycles. The molecule has 6 heteroatoms. The molecular weight excluding hydrogens is 346 g/mol. The highest BCUT2D eigenvalue weighted by atomic mass is 32.2. The van der Waals surface area contributed by atoms with Crippen LogP contribution in [0.1, 0.15) is 31.9 Å². The van der Waals surface area contributed by atoms with E-state index in [1.807, 2.05) is 25.4 Å². The smallest absolute Gasteiger partial charge is 0.266 e. The minimum atomic E-state index is -0.264. The number of amides is 2. The van der Waals surface area contributed by atoms with Gasteiger partial charge >= 0.3 is 0 Å². The Kier molecular flexibility index (Phi) is 6.31. The van der Waals surface area contributed by atoms with Crippen LogP contribution in [0.25, 0.3) is 11.6 Å². The maximum Gasteiger partial charge on any atom is 0.266 e. The minimum Gasteiger partial charge on any atom is -0.353 e. The van der Waals surface area contributed by atoms with Crippen molar-refractivity contribution in [2.45, 2.75) is 26.4 Å². The number of carbonyl (C=O) groups is 2. The van der Waals surface area contributed by atoms with E-state index in [2.05, 4.69) is 49.3 Å². The van der Waals surface area contributed by atoms with Crippen molar-refractivity contribution in [3.63, 3.8) is 0 Å². The van der Waals surface area contributed by atoms with Crippen molar-refractivity contribution in [3.05, 3.63) is 40.3 Å². The van der Waals surface area contributed by atoms with Gasteiger partial charge in [0.2, 0.25) is 6.41 Å². The molecule has 0 aliphatic carbocycles. The normalized spacial score (nSPS) is 19.7. The Morgan fingerprint density at radius 2 is 2.12 bits per heavy atom. The molecule has 1 heterocycles. The van der Waals surface area contributed by atoms with Gasteiger partial charge in [0.25, 0.3) is 5.91 Å². The fraction of sp³-hybridized carbons (Fsp3) is 0.400. The lowest BCUT2D eigenvalue weighted by Gasteiger charge is -2.43. The molecule has 1 N–H and O–H groups in total. The number of carbonyl (C=O) groups excluding carboxylic acids is 2. The van der Waals surface area contributed by atoms with E-state index < -0.39 is 0 Å². The highest BCUT2D eigenvalue weighted by Crippen LogP contribution is 2.37. The summed E-state index contributed by atoms with van der Waals surface area (Å²) in [4.78, 5) is 27.4. The summed E-state index contributed by atoms with van der Waals surface area (Å²) in [6.07, 6.45) is 6.48. The monoisotopic (exact) mass is 373 g/mol. The van der Waals surface area contributed by atoms with E-state index in [0.717, 1.165) is 16.8 Å². The Bertz CT molecular complexity index is 772. The Morgan fingerprint density at radius 1 is 1.42 bits per heavy atom. The highest BCUT2D eigenvalue weighted by molar-refractivity contribution is 8.03. The summed E-state index contributed by atoms with van der Waals surface area (Å²) in [6, 6.07) is 6.17. The van der Waals surface area contributed by atoms with Crippen LogP contribution in [0.3, 0.4) is 0 Å². The van der Waals surface area contributed by atoms with Gasteiger partial charge in [-0.15, -0.1) is 11.8 Å². The van der Waals surface area contributed by atoms with Crippen molar-refractivity contribution >= 4 is 41.4 Å². The maximum absolute atomic E-state index is 12.4. The van der Waals surface area contributed by atoms with E-state index in [9.17, 15) is 9.59 Å². The molecule has 1 aliphatic rings. The second kappa shape index (κ2) is 8.10. The molecule has 26 heavy (non-hydrogen) atoms. The van der Waals surface area contributed by atoms with Crippen LogP contribution in [0.15, 0.2) is 29.2 Å². The zero-order chi connectivity index (χ0) is 19.5. The fourth-order valence-corrected chi connectivity index (χ4v) is 3.65. The van der Waals surface area contributed by atoms with Crippen molar-refractivity contribution in [3.8, 4) is 0 Å². The lowest BCUT2D eigenvalue weighted by atomic mass is 9.92. The molecule has 0 spiro atoms. The highest BCUT2D eigenvalue weighted by Gasteiger charge is 2.31. The standard InChI is InChI=1S/C20H27N3O2S/c1-7-23(13-24)19(25)18(26-6)11-15-8-9-17-16(10-15)14(2)12-20(3,21-4)22(17)5/h8-13,21H,7H2,1-6H3/b18-11-. The molecular formula is C20H27N3O2S. The van der Waals surface area contributed by atoms with Crippen LogP contribution in [0.4, 0.5) is 5.69 Å². The Labute approximate surface area is 160 Å². The number of benzene rings is 1. The predicted octanol–water partition coefficient (Wildman–Crippen LogP) is 3.18. The second-order valence-corrected chi connectivity index (χ2v) is 7.32. The van der Waals surface area contributed by atoms with Gasteiger partial charge in [-0.25, -0.2) is 0 Å². The Hall–Kier alpha value is -2.05. The molecule has 1 aromatic rings. The van der Waals surface area contributed by atoms with Crippen LogP contribution in [0.2, 0.25) is 0 Å². The summed E-state index contributed by atoms with van der Waals surface area (Å²) >= 11 is 1.35. The number of fused-ring (bicyclic) bond motifs is 1. The van der Waals surface area contributed by atoms with Crippen LogP contribution >= 0.6 is 11.8 Å². The number of hydrogen-bond acceptors (Lipinski definition) is 5. The molecule has 0 saturated heterocycles. The van der Waals surface area contributed by atoms with E-state index in [1.165, 1.54) is 22.2 Å². The quantitative estimate of drug-likeness (QED) is 0.613. The molecule has 5 nitrogen and oxygen atoms in total. The number of allylic oxidation sites excluding steroid dienone is 1. The van der Waals surface area contributed by atoms with Gasteiger partial charge in [-0.3, -0.25) is 19.8 Å². The van der Waals surface area contributed by atoms with E-state index in [4.69, 9.17) is 0 Å². The van der Waals surface area contributed by atoms with Crippen LogP contribution in [0, 0.1) is 0 Å². The van der Waals surface area contributed by atoms with E-state index >= 15 is 0 Å². The lowest BCUT2D eigenvalue weighted by molar-refractivity contribution is -0.134. The number of nitrogens with zero attached hydrogens (tertiary/aromatic N) is 2. The van der Waals surface area contributed by atoms with Gasteiger partial charge in [-0.1, -0.05) is 6.07 Å². The summed E-state index contributed by atoms with van der Waals surface area (Å²) in [7, 11) is 4.01. The van der Waals surface area contributed by atoms with Crippen molar-refractivity contribution in [1.82, 2.24) is 10.2 Å². The number of rotatable bonds is 6. The number of imide groups is 1. The average molecular weight is 374 g/mol. The third kappa shape index (κ3) is 3.71. The fourth-order valence-electron chi connectivity index (χ4n) is 3.10. The topological polar surface area (TPSA) is 52.7 Å². The molecule has 2 rings (SSSR count). The molecule has 1 unspecified atom stereocenters. The molecule has 0 aromatic heterocycles. The van der Waals surface area contributed by atoms with Gasteiger partial charge in [0.05, 0.1) is 4.91 Å². The maximum atomic E-state index is 12.4. The van der Waals surface area contributed by atoms with Crippen molar-refractivity contribution in [2.24, 2.45) is 0 Å². The van der Waals surface area contributed by atoms with Gasteiger partial charge < -0.3 is 4.90 Å². The predicted molar refractivity (Wildman–Crippen MR) is 111 cm³/mol. The molecule has 0 fully saturated rings. The van der Waals surface area contributed by atoms with E-state index in [0.29, 0.717) is 17.9 Å². The number of anilines is 1. The van der Waals surface area contributed by atoms with Gasteiger partial charge in [-0.05, 0) is 69.5 Å². The van der Waals surface area contributed by atoms with Crippen LogP contribution in [-0.2, 0) is 9.59 Å². The van der Waals surface area contributed by atoms with E-state index in [-0.39, 0.29) is 11.6 Å². The number of nitrogens with one attached hydrogen (secondary N) is 1. The van der Waals surface area contributed by atoms with Gasteiger partial charge in [0.15, 0.2) is 0 Å². The lowest BCUT2D eigenvalue weighted by Crippen LogP contribution is -2.54. The van der Waals surface area contributed by atoms with Gasteiger partial charge in [0, 0.05) is 24.8 Å². The number of hydrogen-bond donors (Lipinski definition) is 1. The zero-order valence-electron chi connectivity index (χ0n) is 16.3. The molecule has 140 valence electrons. The molecule has 0 bridgehead atoms. The number of thioether (sulfide) groups is 1. The van der Waals surface area contributed by atoms with Gasteiger partial charge in [0.1, 0.15) is 5.66 Å². The molecule has 1 aromatic carbocycles. The summed E-state index contributed by atoms with van der Waals surface area (Å²) in [6.45, 7) is 6.38. The molecule has 0 saturated carbocycles. The first kappa shape index (κ1) is 20.3. The molecule has 2 amide bonds. The average Bonchev–Trinajstić information content (AvgIpc) is 2.65. The van der Waals surface area contributed by atoms with Crippen molar-refractivity contribution in [2.75, 3.05) is 31.8 Å². The third-order valence-corrected chi connectivity index (χ3v) is 5.70. The summed E-state index contributed by atoms with van der Waals surface area (Å²) in [5.74, 6) is -0.264. The first-order valence-corrected chi connectivity index (χ1v) is 9.82. The summed E-state index contributed by atoms with van der Waals surface area (Å²) < 4.78 is 0. The van der Waals surface area contributed by atoms with Gasteiger partial charge in [-0.2, -0.15) is 0 Å². The van der Waals surface area contributed by atoms with Crippen molar-refractivity contribution < 1.29 is 9.59 Å². The first-order valence-electron chi connectivity index (χ1n) is 8.59. The summed E-state index contributed by atoms with van der Waals surface area (Å²) in [5.41, 5.74) is 4.17. The first-order chi connectivity index (χ1) is 12.3. The zero-order valence-corrected chi connectivity index (χ0v) is 17.1. The third-order valence-electron chi connectivity index (χ3n) is 4.96. The van der Waals surface area contributed by atoms with Crippen LogP contribution < -0.4 is 10.2 Å².